The Bertz CT molecular complexity index is 286. The van der Waals surface area contributed by atoms with Crippen molar-refractivity contribution in [1.29, 1.82) is 0 Å². The van der Waals surface area contributed by atoms with Crippen molar-refractivity contribution in [2.24, 2.45) is 0 Å². The molecule has 0 aliphatic carbocycles. The Labute approximate surface area is 110 Å². The molecule has 0 saturated carbocycles. The van der Waals surface area contributed by atoms with Crippen LogP contribution >= 0.6 is 11.8 Å². The minimum Gasteiger partial charge on any atom is -0.309 e. The standard InChI is InChI=1S/C15H25NS/c1-4-12-17-14(5-2)15(16-6-3)13-10-8-7-9-11-13/h7-11,14-16H,4-6,12H2,1-3H3. The van der Waals surface area contributed by atoms with Crippen LogP contribution in [0, 0.1) is 0 Å². The summed E-state index contributed by atoms with van der Waals surface area (Å²) in [6, 6.07) is 11.3. The molecule has 1 aromatic rings. The Morgan fingerprint density at radius 2 is 1.82 bits per heavy atom. The van der Waals surface area contributed by atoms with E-state index in [2.05, 4.69) is 68.2 Å². The summed E-state index contributed by atoms with van der Waals surface area (Å²) < 4.78 is 0. The maximum atomic E-state index is 3.64. The molecule has 0 amide bonds. The van der Waals surface area contributed by atoms with E-state index in [0.717, 1.165) is 6.54 Å². The topological polar surface area (TPSA) is 12.0 Å². The van der Waals surface area contributed by atoms with Gasteiger partial charge in [0, 0.05) is 11.3 Å². The van der Waals surface area contributed by atoms with Gasteiger partial charge in [-0.3, -0.25) is 0 Å². The maximum Gasteiger partial charge on any atom is 0.0440 e. The van der Waals surface area contributed by atoms with Gasteiger partial charge in [0.25, 0.3) is 0 Å². The molecule has 2 atom stereocenters. The second-order valence-electron chi connectivity index (χ2n) is 4.26. The van der Waals surface area contributed by atoms with E-state index >= 15 is 0 Å². The predicted molar refractivity (Wildman–Crippen MR) is 79.7 cm³/mol. The molecular weight excluding hydrogens is 226 g/mol. The zero-order chi connectivity index (χ0) is 12.5. The van der Waals surface area contributed by atoms with Gasteiger partial charge in [0.05, 0.1) is 0 Å². The van der Waals surface area contributed by atoms with Crippen molar-refractivity contribution in [3.8, 4) is 0 Å². The van der Waals surface area contributed by atoms with Crippen molar-refractivity contribution in [1.82, 2.24) is 5.32 Å². The molecule has 2 heteroatoms. The fourth-order valence-corrected chi connectivity index (χ4v) is 3.28. The molecule has 0 heterocycles. The minimum atomic E-state index is 0.489. The molecule has 0 bridgehead atoms. The van der Waals surface area contributed by atoms with E-state index in [0.29, 0.717) is 11.3 Å². The summed E-state index contributed by atoms with van der Waals surface area (Å²) in [4.78, 5) is 0. The van der Waals surface area contributed by atoms with Crippen molar-refractivity contribution in [3.05, 3.63) is 35.9 Å². The normalized spacial score (nSPS) is 14.5. The van der Waals surface area contributed by atoms with Gasteiger partial charge >= 0.3 is 0 Å². The molecule has 0 aliphatic heterocycles. The molecule has 2 unspecified atom stereocenters. The van der Waals surface area contributed by atoms with Crippen molar-refractivity contribution in [2.75, 3.05) is 12.3 Å². The summed E-state index contributed by atoms with van der Waals surface area (Å²) in [7, 11) is 0. The van der Waals surface area contributed by atoms with Crippen LogP contribution in [0.25, 0.3) is 0 Å². The van der Waals surface area contributed by atoms with Gasteiger partial charge in [-0.1, -0.05) is 51.1 Å². The van der Waals surface area contributed by atoms with E-state index in [1.807, 2.05) is 0 Å². The Balaban J connectivity index is 2.75. The number of nitrogens with one attached hydrogen (secondary N) is 1. The smallest absolute Gasteiger partial charge is 0.0440 e. The summed E-state index contributed by atoms with van der Waals surface area (Å²) >= 11 is 2.10. The maximum absolute atomic E-state index is 3.64. The van der Waals surface area contributed by atoms with Gasteiger partial charge in [-0.15, -0.1) is 0 Å². The molecule has 96 valence electrons. The van der Waals surface area contributed by atoms with Crippen LogP contribution in [0.2, 0.25) is 0 Å². The van der Waals surface area contributed by atoms with Crippen LogP contribution in [0.1, 0.15) is 45.2 Å². The minimum absolute atomic E-state index is 0.489. The fourth-order valence-electron chi connectivity index (χ4n) is 2.06. The summed E-state index contributed by atoms with van der Waals surface area (Å²) in [6.45, 7) is 7.76. The monoisotopic (exact) mass is 251 g/mol. The fraction of sp³-hybridized carbons (Fsp3) is 0.600. The Kier molecular flexibility index (Phi) is 7.38. The Morgan fingerprint density at radius 3 is 2.35 bits per heavy atom. The lowest BCUT2D eigenvalue weighted by molar-refractivity contribution is 0.521. The third kappa shape index (κ3) is 4.72. The zero-order valence-corrected chi connectivity index (χ0v) is 12.1. The predicted octanol–water partition coefficient (Wildman–Crippen LogP) is 4.26. The largest absolute Gasteiger partial charge is 0.309 e. The van der Waals surface area contributed by atoms with Gasteiger partial charge in [-0.25, -0.2) is 0 Å². The van der Waals surface area contributed by atoms with E-state index in [-0.39, 0.29) is 0 Å². The molecule has 0 radical (unpaired) electrons. The molecule has 0 aliphatic rings. The number of rotatable bonds is 8. The number of thioether (sulfide) groups is 1. The van der Waals surface area contributed by atoms with E-state index in [1.54, 1.807) is 0 Å². The highest BCUT2D eigenvalue weighted by atomic mass is 32.2. The van der Waals surface area contributed by atoms with E-state index in [4.69, 9.17) is 0 Å². The molecule has 1 N–H and O–H groups in total. The lowest BCUT2D eigenvalue weighted by atomic mass is 10.0. The average Bonchev–Trinajstić information content (AvgIpc) is 2.39. The first-order chi connectivity index (χ1) is 8.33. The van der Waals surface area contributed by atoms with Gasteiger partial charge in [0.2, 0.25) is 0 Å². The van der Waals surface area contributed by atoms with Gasteiger partial charge in [-0.2, -0.15) is 11.8 Å². The summed E-state index contributed by atoms with van der Waals surface area (Å²) in [5.41, 5.74) is 1.42. The summed E-state index contributed by atoms with van der Waals surface area (Å²) in [5.74, 6) is 1.26. The zero-order valence-electron chi connectivity index (χ0n) is 11.3. The Hall–Kier alpha value is -0.470. The van der Waals surface area contributed by atoms with Crippen LogP contribution in [-0.4, -0.2) is 17.5 Å². The average molecular weight is 251 g/mol. The van der Waals surface area contributed by atoms with Crippen LogP contribution in [0.3, 0.4) is 0 Å². The van der Waals surface area contributed by atoms with Gasteiger partial charge in [-0.05, 0) is 30.7 Å². The van der Waals surface area contributed by atoms with Crippen molar-refractivity contribution >= 4 is 11.8 Å². The molecule has 17 heavy (non-hydrogen) atoms. The second-order valence-corrected chi connectivity index (χ2v) is 5.61. The SMILES string of the molecule is CCCSC(CC)C(NCC)c1ccccc1. The van der Waals surface area contributed by atoms with E-state index in [9.17, 15) is 0 Å². The number of hydrogen-bond acceptors (Lipinski definition) is 2. The van der Waals surface area contributed by atoms with Gasteiger partial charge < -0.3 is 5.32 Å². The van der Waals surface area contributed by atoms with E-state index in [1.165, 1.54) is 24.2 Å². The molecular formula is C15H25NS. The lowest BCUT2D eigenvalue weighted by Crippen LogP contribution is -2.30. The van der Waals surface area contributed by atoms with Gasteiger partial charge in [0.15, 0.2) is 0 Å². The lowest BCUT2D eigenvalue weighted by Gasteiger charge is -2.27. The molecule has 0 saturated heterocycles. The van der Waals surface area contributed by atoms with Crippen molar-refractivity contribution in [2.45, 2.75) is 44.9 Å². The highest BCUT2D eigenvalue weighted by Gasteiger charge is 2.20. The van der Waals surface area contributed by atoms with Crippen LogP contribution in [0.15, 0.2) is 30.3 Å². The third-order valence-corrected chi connectivity index (χ3v) is 4.57. The Morgan fingerprint density at radius 1 is 1.12 bits per heavy atom. The molecule has 0 aromatic heterocycles. The van der Waals surface area contributed by atoms with Crippen LogP contribution in [0.4, 0.5) is 0 Å². The first-order valence-electron chi connectivity index (χ1n) is 6.73. The van der Waals surface area contributed by atoms with Crippen LogP contribution in [0.5, 0.6) is 0 Å². The van der Waals surface area contributed by atoms with Crippen molar-refractivity contribution in [3.63, 3.8) is 0 Å². The van der Waals surface area contributed by atoms with Crippen LogP contribution in [-0.2, 0) is 0 Å². The summed E-state index contributed by atoms with van der Waals surface area (Å²) in [5, 5.41) is 4.32. The quantitative estimate of drug-likeness (QED) is 0.741. The third-order valence-electron chi connectivity index (χ3n) is 2.89. The first-order valence-corrected chi connectivity index (χ1v) is 7.78. The number of benzene rings is 1. The highest BCUT2D eigenvalue weighted by molar-refractivity contribution is 7.99. The molecule has 1 rings (SSSR count). The highest BCUT2D eigenvalue weighted by Crippen LogP contribution is 2.29. The first kappa shape index (κ1) is 14.6. The molecule has 0 fully saturated rings. The molecule has 1 nitrogen and oxygen atoms in total. The molecule has 0 spiro atoms. The second kappa shape index (κ2) is 8.60. The molecule has 1 aromatic carbocycles. The summed E-state index contributed by atoms with van der Waals surface area (Å²) in [6.07, 6.45) is 2.48. The van der Waals surface area contributed by atoms with Crippen LogP contribution < -0.4 is 5.32 Å². The van der Waals surface area contributed by atoms with Gasteiger partial charge in [0.1, 0.15) is 0 Å². The van der Waals surface area contributed by atoms with E-state index < -0.39 is 0 Å². The van der Waals surface area contributed by atoms with Crippen molar-refractivity contribution < 1.29 is 0 Å². The number of hydrogen-bond donors (Lipinski definition) is 1.